The Morgan fingerprint density at radius 3 is 2.50 bits per heavy atom. The minimum absolute atomic E-state index is 0.237. The summed E-state index contributed by atoms with van der Waals surface area (Å²) < 4.78 is 27.2. The SMILES string of the molecule is FB(F)N1/C(=N\c2ccccn2)c2cccc3cccc1c23. The van der Waals surface area contributed by atoms with Gasteiger partial charge < -0.3 is 4.81 Å². The van der Waals surface area contributed by atoms with Gasteiger partial charge >= 0.3 is 7.40 Å². The molecule has 1 aromatic heterocycles. The molecule has 2 heterocycles. The van der Waals surface area contributed by atoms with E-state index in [0.29, 0.717) is 17.1 Å². The number of pyridine rings is 1. The highest BCUT2D eigenvalue weighted by atomic mass is 19.2. The van der Waals surface area contributed by atoms with Gasteiger partial charge in [0.1, 0.15) is 5.84 Å². The predicted octanol–water partition coefficient (Wildman–Crippen LogP) is 4.06. The van der Waals surface area contributed by atoms with Gasteiger partial charge in [-0.1, -0.05) is 36.4 Å². The predicted molar refractivity (Wildman–Crippen MR) is 84.8 cm³/mol. The van der Waals surface area contributed by atoms with Crippen molar-refractivity contribution in [2.45, 2.75) is 0 Å². The molecule has 0 radical (unpaired) electrons. The third-order valence-electron chi connectivity index (χ3n) is 3.68. The summed E-state index contributed by atoms with van der Waals surface area (Å²) in [6, 6.07) is 16.2. The number of benzene rings is 2. The van der Waals surface area contributed by atoms with Crippen LogP contribution in [0.4, 0.5) is 20.1 Å². The average Bonchev–Trinajstić information content (AvgIpc) is 2.85. The van der Waals surface area contributed by atoms with E-state index in [0.717, 1.165) is 15.6 Å². The molecule has 4 rings (SSSR count). The molecule has 0 saturated heterocycles. The molecule has 0 amide bonds. The minimum Gasteiger partial charge on any atom is -0.309 e. The lowest BCUT2D eigenvalue weighted by Gasteiger charge is -2.17. The molecule has 3 nitrogen and oxygen atoms in total. The lowest BCUT2D eigenvalue weighted by Crippen LogP contribution is -2.36. The van der Waals surface area contributed by atoms with Crippen molar-refractivity contribution in [3.8, 4) is 0 Å². The van der Waals surface area contributed by atoms with E-state index in [1.807, 2.05) is 24.3 Å². The van der Waals surface area contributed by atoms with Gasteiger partial charge in [-0.05, 0) is 23.6 Å². The van der Waals surface area contributed by atoms with E-state index >= 15 is 0 Å². The average molecular weight is 293 g/mol. The first-order valence-corrected chi connectivity index (χ1v) is 6.85. The first-order valence-electron chi connectivity index (χ1n) is 6.85. The fraction of sp³-hybridized carbons (Fsp3) is 0. The minimum atomic E-state index is -2.67. The Hall–Kier alpha value is -2.76. The Morgan fingerprint density at radius 2 is 1.77 bits per heavy atom. The highest BCUT2D eigenvalue weighted by molar-refractivity contribution is 6.59. The van der Waals surface area contributed by atoms with Gasteiger partial charge in [-0.3, -0.25) is 8.63 Å². The number of aromatic nitrogens is 1. The quantitative estimate of drug-likeness (QED) is 0.667. The summed E-state index contributed by atoms with van der Waals surface area (Å²) in [6.45, 7) is 0. The Balaban J connectivity index is 2.00. The summed E-state index contributed by atoms with van der Waals surface area (Å²) in [7, 11) is -2.67. The van der Waals surface area contributed by atoms with Gasteiger partial charge in [0.25, 0.3) is 0 Å². The van der Waals surface area contributed by atoms with Crippen molar-refractivity contribution in [1.29, 1.82) is 0 Å². The zero-order valence-electron chi connectivity index (χ0n) is 11.4. The molecular formula is C16H10BF2N3. The maximum atomic E-state index is 13.6. The number of nitrogens with zero attached hydrogens (tertiary/aromatic N) is 3. The molecule has 106 valence electrons. The molecule has 0 aliphatic carbocycles. The van der Waals surface area contributed by atoms with E-state index in [1.165, 1.54) is 0 Å². The Kier molecular flexibility index (Phi) is 2.89. The molecule has 0 fully saturated rings. The summed E-state index contributed by atoms with van der Waals surface area (Å²) in [5, 5.41) is 1.73. The van der Waals surface area contributed by atoms with Crippen LogP contribution in [0.15, 0.2) is 65.8 Å². The van der Waals surface area contributed by atoms with Gasteiger partial charge in [0, 0.05) is 22.8 Å². The van der Waals surface area contributed by atoms with Crippen molar-refractivity contribution >= 4 is 35.5 Å². The van der Waals surface area contributed by atoms with Crippen molar-refractivity contribution in [3.05, 3.63) is 66.4 Å². The van der Waals surface area contributed by atoms with Crippen LogP contribution in [0.25, 0.3) is 10.8 Å². The van der Waals surface area contributed by atoms with Crippen molar-refractivity contribution < 1.29 is 8.63 Å². The van der Waals surface area contributed by atoms with Crippen LogP contribution in [0, 0.1) is 0 Å². The lowest BCUT2D eigenvalue weighted by atomic mass is 10.1. The third kappa shape index (κ3) is 1.88. The first-order chi connectivity index (χ1) is 10.8. The fourth-order valence-corrected chi connectivity index (χ4v) is 2.79. The molecule has 1 aliphatic heterocycles. The highest BCUT2D eigenvalue weighted by Crippen LogP contribution is 2.39. The molecule has 0 N–H and O–H groups in total. The normalized spacial score (nSPS) is 14.8. The maximum absolute atomic E-state index is 13.6. The van der Waals surface area contributed by atoms with E-state index in [1.54, 1.807) is 36.5 Å². The van der Waals surface area contributed by atoms with E-state index < -0.39 is 7.40 Å². The molecule has 0 saturated carbocycles. The van der Waals surface area contributed by atoms with Gasteiger partial charge in [0.15, 0.2) is 5.82 Å². The Labute approximate surface area is 126 Å². The second-order valence-corrected chi connectivity index (χ2v) is 4.95. The molecule has 3 aromatic rings. The van der Waals surface area contributed by atoms with Gasteiger partial charge in [-0.15, -0.1) is 0 Å². The van der Waals surface area contributed by atoms with Gasteiger partial charge in [-0.2, -0.15) is 0 Å². The van der Waals surface area contributed by atoms with Crippen molar-refractivity contribution in [1.82, 2.24) is 4.98 Å². The van der Waals surface area contributed by atoms with Gasteiger partial charge in [0.05, 0.1) is 0 Å². The number of rotatable bonds is 2. The van der Waals surface area contributed by atoms with Crippen LogP contribution in [0.5, 0.6) is 0 Å². The third-order valence-corrected chi connectivity index (χ3v) is 3.68. The number of amidine groups is 1. The van der Waals surface area contributed by atoms with Crippen molar-refractivity contribution in [2.75, 3.05) is 4.81 Å². The summed E-state index contributed by atoms with van der Waals surface area (Å²) in [5.74, 6) is 0.647. The zero-order chi connectivity index (χ0) is 15.1. The summed E-state index contributed by atoms with van der Waals surface area (Å²) in [5.41, 5.74) is 1.19. The molecule has 1 aliphatic rings. The van der Waals surface area contributed by atoms with Gasteiger partial charge in [-0.25, -0.2) is 9.98 Å². The maximum Gasteiger partial charge on any atom is 0.679 e. The van der Waals surface area contributed by atoms with Crippen LogP contribution in [0.3, 0.4) is 0 Å². The van der Waals surface area contributed by atoms with Gasteiger partial charge in [0.2, 0.25) is 0 Å². The molecule has 0 bridgehead atoms. The number of anilines is 1. The standard InChI is InChI=1S/C16H10BF2N3/c18-17(19)22-13-8-4-6-11-5-3-7-12(15(11)13)16(22)21-14-9-1-2-10-20-14/h1-10H/b21-16-. The molecule has 0 spiro atoms. The second-order valence-electron chi connectivity index (χ2n) is 4.95. The largest absolute Gasteiger partial charge is 0.679 e. The first kappa shape index (κ1) is 12.9. The lowest BCUT2D eigenvalue weighted by molar-refractivity contribution is 0.660. The number of hydrogen-bond donors (Lipinski definition) is 0. The molecule has 22 heavy (non-hydrogen) atoms. The molecule has 2 aromatic carbocycles. The molecule has 6 heteroatoms. The molecule has 0 unspecified atom stereocenters. The van der Waals surface area contributed by atoms with E-state index in [-0.39, 0.29) is 5.84 Å². The number of aliphatic imine (C=N–C) groups is 1. The Morgan fingerprint density at radius 1 is 0.955 bits per heavy atom. The molecule has 0 atom stereocenters. The van der Waals surface area contributed by atoms with E-state index in [2.05, 4.69) is 9.98 Å². The fourth-order valence-electron chi connectivity index (χ4n) is 2.79. The zero-order valence-corrected chi connectivity index (χ0v) is 11.4. The van der Waals surface area contributed by atoms with E-state index in [9.17, 15) is 8.63 Å². The van der Waals surface area contributed by atoms with E-state index in [4.69, 9.17) is 0 Å². The van der Waals surface area contributed by atoms with Crippen LogP contribution >= 0.6 is 0 Å². The van der Waals surface area contributed by atoms with Crippen LogP contribution < -0.4 is 4.81 Å². The second kappa shape index (κ2) is 4.91. The van der Waals surface area contributed by atoms with Crippen molar-refractivity contribution in [2.24, 2.45) is 4.99 Å². The summed E-state index contributed by atoms with van der Waals surface area (Å²) in [6.07, 6.45) is 1.59. The topological polar surface area (TPSA) is 28.5 Å². The van der Waals surface area contributed by atoms with Crippen LogP contribution in [0.2, 0.25) is 0 Å². The smallest absolute Gasteiger partial charge is 0.309 e. The Bertz CT molecular complexity index is 876. The summed E-state index contributed by atoms with van der Waals surface area (Å²) in [4.78, 5) is 9.42. The molecular weight excluding hydrogens is 283 g/mol. The highest BCUT2D eigenvalue weighted by Gasteiger charge is 2.37. The van der Waals surface area contributed by atoms with Crippen LogP contribution in [0.1, 0.15) is 5.56 Å². The number of hydrogen-bond acceptors (Lipinski definition) is 2. The van der Waals surface area contributed by atoms with Crippen LogP contribution in [-0.2, 0) is 0 Å². The number of halogens is 2. The van der Waals surface area contributed by atoms with Crippen molar-refractivity contribution in [3.63, 3.8) is 0 Å². The van der Waals surface area contributed by atoms with Crippen LogP contribution in [-0.4, -0.2) is 18.2 Å². The summed E-state index contributed by atoms with van der Waals surface area (Å²) >= 11 is 0. The monoisotopic (exact) mass is 293 g/mol.